The fraction of sp³-hybridized carbons (Fsp3) is 0.333. The van der Waals surface area contributed by atoms with Gasteiger partial charge in [-0.15, -0.1) is 5.92 Å². The van der Waals surface area contributed by atoms with Gasteiger partial charge in [0.1, 0.15) is 18.2 Å². The van der Waals surface area contributed by atoms with E-state index < -0.39 is 0 Å². The molecule has 0 aliphatic carbocycles. The highest BCUT2D eigenvalue weighted by atomic mass is 19.1. The first kappa shape index (κ1) is 11.5. The summed E-state index contributed by atoms with van der Waals surface area (Å²) in [5.74, 6) is 5.58. The molecule has 0 fully saturated rings. The minimum absolute atomic E-state index is 0.185. The maximum atomic E-state index is 13.0. The number of hydrogen-bond acceptors (Lipinski definition) is 2. The van der Waals surface area contributed by atoms with Crippen LogP contribution in [0.25, 0.3) is 0 Å². The summed E-state index contributed by atoms with van der Waals surface area (Å²) in [6.45, 7) is 3.80. The Labute approximate surface area is 89.2 Å². The van der Waals surface area contributed by atoms with E-state index >= 15 is 0 Å². The van der Waals surface area contributed by atoms with Crippen LogP contribution >= 0.6 is 0 Å². The lowest BCUT2D eigenvalue weighted by Gasteiger charge is -2.12. The van der Waals surface area contributed by atoms with E-state index in [4.69, 9.17) is 10.5 Å². The zero-order valence-electron chi connectivity index (χ0n) is 8.88. The first-order valence-electron chi connectivity index (χ1n) is 4.72. The van der Waals surface area contributed by atoms with Gasteiger partial charge >= 0.3 is 0 Å². The average molecular weight is 207 g/mol. The number of hydrogen-bond donors (Lipinski definition) is 1. The molecule has 0 saturated carbocycles. The minimum atomic E-state index is -0.334. The normalized spacial score (nSPS) is 11.5. The zero-order valence-corrected chi connectivity index (χ0v) is 8.88. The molecule has 0 aromatic heterocycles. The SMILES string of the molecule is CC#CCOc1cc(F)ccc1C(C)N. The average Bonchev–Trinajstić information content (AvgIpc) is 2.18. The van der Waals surface area contributed by atoms with Gasteiger partial charge in [0, 0.05) is 17.7 Å². The topological polar surface area (TPSA) is 35.2 Å². The molecule has 0 spiro atoms. The smallest absolute Gasteiger partial charge is 0.149 e. The van der Waals surface area contributed by atoms with Crippen molar-refractivity contribution in [1.82, 2.24) is 0 Å². The summed E-state index contributed by atoms with van der Waals surface area (Å²) in [5, 5.41) is 0. The number of rotatable bonds is 3. The number of nitrogens with two attached hydrogens (primary N) is 1. The second-order valence-electron chi connectivity index (χ2n) is 3.19. The summed E-state index contributed by atoms with van der Waals surface area (Å²) >= 11 is 0. The van der Waals surface area contributed by atoms with Crippen molar-refractivity contribution in [3.05, 3.63) is 29.6 Å². The number of halogens is 1. The highest BCUT2D eigenvalue weighted by Crippen LogP contribution is 2.24. The fourth-order valence-electron chi connectivity index (χ4n) is 1.20. The van der Waals surface area contributed by atoms with Crippen molar-refractivity contribution in [2.75, 3.05) is 6.61 Å². The van der Waals surface area contributed by atoms with Crippen molar-refractivity contribution in [1.29, 1.82) is 0 Å². The second-order valence-corrected chi connectivity index (χ2v) is 3.19. The lowest BCUT2D eigenvalue weighted by Crippen LogP contribution is -2.08. The van der Waals surface area contributed by atoms with Gasteiger partial charge in [-0.05, 0) is 19.9 Å². The molecule has 0 aliphatic heterocycles. The molecule has 0 bridgehead atoms. The van der Waals surface area contributed by atoms with Gasteiger partial charge in [0.05, 0.1) is 0 Å². The maximum Gasteiger partial charge on any atom is 0.149 e. The molecule has 1 unspecified atom stereocenters. The Kier molecular flexibility index (Phi) is 4.14. The molecule has 0 heterocycles. The molecule has 0 saturated heterocycles. The molecular weight excluding hydrogens is 193 g/mol. The van der Waals surface area contributed by atoms with Crippen molar-refractivity contribution >= 4 is 0 Å². The first-order chi connectivity index (χ1) is 7.15. The van der Waals surface area contributed by atoms with Crippen LogP contribution in [0.4, 0.5) is 4.39 Å². The van der Waals surface area contributed by atoms with E-state index in [1.54, 1.807) is 13.0 Å². The van der Waals surface area contributed by atoms with Gasteiger partial charge in [0.15, 0.2) is 0 Å². The fourth-order valence-corrected chi connectivity index (χ4v) is 1.20. The van der Waals surface area contributed by atoms with Crippen LogP contribution in [0.1, 0.15) is 25.5 Å². The Hall–Kier alpha value is -1.53. The Morgan fingerprint density at radius 3 is 2.87 bits per heavy atom. The number of ether oxygens (including phenoxy) is 1. The van der Waals surface area contributed by atoms with Crippen LogP contribution in [-0.2, 0) is 0 Å². The summed E-state index contributed by atoms with van der Waals surface area (Å²) in [5.41, 5.74) is 6.52. The molecule has 1 aromatic carbocycles. The molecular formula is C12H14FNO. The lowest BCUT2D eigenvalue weighted by atomic mass is 10.1. The van der Waals surface area contributed by atoms with Crippen molar-refractivity contribution < 1.29 is 9.13 Å². The van der Waals surface area contributed by atoms with Gasteiger partial charge in [0.2, 0.25) is 0 Å². The summed E-state index contributed by atoms with van der Waals surface area (Å²) < 4.78 is 18.3. The quantitative estimate of drug-likeness (QED) is 0.771. The Balaban J connectivity index is 2.90. The van der Waals surface area contributed by atoms with Crippen molar-refractivity contribution in [2.45, 2.75) is 19.9 Å². The first-order valence-corrected chi connectivity index (χ1v) is 4.72. The van der Waals surface area contributed by atoms with Crippen LogP contribution in [-0.4, -0.2) is 6.61 Å². The van der Waals surface area contributed by atoms with E-state index in [2.05, 4.69) is 11.8 Å². The molecule has 0 radical (unpaired) electrons. The van der Waals surface area contributed by atoms with E-state index in [-0.39, 0.29) is 18.5 Å². The van der Waals surface area contributed by atoms with E-state index in [1.165, 1.54) is 12.1 Å². The molecule has 1 atom stereocenters. The molecule has 80 valence electrons. The third-order valence-corrected chi connectivity index (χ3v) is 1.94. The van der Waals surface area contributed by atoms with Gasteiger partial charge < -0.3 is 10.5 Å². The predicted octanol–water partition coefficient (Wildman–Crippen LogP) is 2.25. The van der Waals surface area contributed by atoms with Crippen LogP contribution in [0.5, 0.6) is 5.75 Å². The second kappa shape index (κ2) is 5.38. The third-order valence-electron chi connectivity index (χ3n) is 1.94. The van der Waals surface area contributed by atoms with Gasteiger partial charge in [-0.1, -0.05) is 12.0 Å². The highest BCUT2D eigenvalue weighted by molar-refractivity contribution is 5.36. The standard InChI is InChI=1S/C12H14FNO/c1-3-4-7-15-12-8-10(13)5-6-11(12)9(2)14/h5-6,8-9H,7,14H2,1-2H3. The van der Waals surface area contributed by atoms with Crippen molar-refractivity contribution in [2.24, 2.45) is 5.73 Å². The molecule has 2 nitrogen and oxygen atoms in total. The molecule has 0 amide bonds. The maximum absolute atomic E-state index is 13.0. The lowest BCUT2D eigenvalue weighted by molar-refractivity contribution is 0.361. The van der Waals surface area contributed by atoms with E-state index in [0.717, 1.165) is 5.56 Å². The molecule has 3 heteroatoms. The Bertz CT molecular complexity index is 390. The summed E-state index contributed by atoms with van der Waals surface area (Å²) in [4.78, 5) is 0. The largest absolute Gasteiger partial charge is 0.480 e. The molecule has 1 rings (SSSR count). The van der Waals surface area contributed by atoms with Crippen LogP contribution in [0.3, 0.4) is 0 Å². The Morgan fingerprint density at radius 1 is 1.53 bits per heavy atom. The highest BCUT2D eigenvalue weighted by Gasteiger charge is 2.08. The summed E-state index contributed by atoms with van der Waals surface area (Å²) in [7, 11) is 0. The van der Waals surface area contributed by atoms with Gasteiger partial charge in [-0.3, -0.25) is 0 Å². The third kappa shape index (κ3) is 3.26. The van der Waals surface area contributed by atoms with E-state index in [1.807, 2.05) is 6.92 Å². The van der Waals surface area contributed by atoms with E-state index in [9.17, 15) is 4.39 Å². The predicted molar refractivity (Wildman–Crippen MR) is 57.9 cm³/mol. The monoisotopic (exact) mass is 207 g/mol. The van der Waals surface area contributed by atoms with Crippen LogP contribution in [0.2, 0.25) is 0 Å². The minimum Gasteiger partial charge on any atom is -0.480 e. The van der Waals surface area contributed by atoms with Crippen LogP contribution in [0, 0.1) is 17.7 Å². The molecule has 0 aliphatic rings. The summed E-state index contributed by atoms with van der Waals surface area (Å²) in [6, 6.07) is 4.15. The van der Waals surface area contributed by atoms with Gasteiger partial charge in [-0.2, -0.15) is 0 Å². The van der Waals surface area contributed by atoms with Crippen molar-refractivity contribution in [3.63, 3.8) is 0 Å². The van der Waals surface area contributed by atoms with Gasteiger partial charge in [0.25, 0.3) is 0 Å². The summed E-state index contributed by atoms with van der Waals surface area (Å²) in [6.07, 6.45) is 0. The number of benzene rings is 1. The van der Waals surface area contributed by atoms with Gasteiger partial charge in [-0.25, -0.2) is 4.39 Å². The molecule has 15 heavy (non-hydrogen) atoms. The Morgan fingerprint density at radius 2 is 2.27 bits per heavy atom. The van der Waals surface area contributed by atoms with Crippen LogP contribution < -0.4 is 10.5 Å². The molecule has 2 N–H and O–H groups in total. The zero-order chi connectivity index (χ0) is 11.3. The van der Waals surface area contributed by atoms with Crippen LogP contribution in [0.15, 0.2) is 18.2 Å². The molecule has 1 aromatic rings. The van der Waals surface area contributed by atoms with E-state index in [0.29, 0.717) is 5.75 Å². The van der Waals surface area contributed by atoms with Crippen molar-refractivity contribution in [3.8, 4) is 17.6 Å².